The minimum Gasteiger partial charge on any atom is -0.450 e. The number of carbonyl (C=O) groups is 1. The van der Waals surface area contributed by atoms with Crippen molar-refractivity contribution in [3.05, 3.63) is 23.3 Å². The molecule has 3 N–H and O–H groups in total. The monoisotopic (exact) mass is 208 g/mol. The van der Waals surface area contributed by atoms with E-state index in [2.05, 4.69) is 5.32 Å². The summed E-state index contributed by atoms with van der Waals surface area (Å²) in [5, 5.41) is 2.66. The van der Waals surface area contributed by atoms with E-state index in [4.69, 9.17) is 10.5 Å². The zero-order valence-electron chi connectivity index (χ0n) is 9.26. The van der Waals surface area contributed by atoms with E-state index < -0.39 is 6.09 Å². The standard InChI is InChI=1S/C11H16N2O2/c1-4-15-11(14)13-10-6-7(2)9(12)5-8(10)3/h5-6H,4,12H2,1-3H3,(H,13,14). The van der Waals surface area contributed by atoms with Gasteiger partial charge in [-0.3, -0.25) is 5.32 Å². The first-order valence-corrected chi connectivity index (χ1v) is 4.85. The first-order chi connectivity index (χ1) is 7.04. The van der Waals surface area contributed by atoms with Gasteiger partial charge in [0, 0.05) is 11.4 Å². The Morgan fingerprint density at radius 3 is 2.67 bits per heavy atom. The minimum atomic E-state index is -0.440. The molecule has 0 bridgehead atoms. The van der Waals surface area contributed by atoms with Gasteiger partial charge in [-0.2, -0.15) is 0 Å². The molecule has 0 saturated heterocycles. The van der Waals surface area contributed by atoms with E-state index in [-0.39, 0.29) is 0 Å². The molecule has 1 amide bonds. The highest BCUT2D eigenvalue weighted by Crippen LogP contribution is 2.22. The van der Waals surface area contributed by atoms with Crippen LogP contribution in [0.15, 0.2) is 12.1 Å². The van der Waals surface area contributed by atoms with E-state index in [1.54, 1.807) is 6.92 Å². The summed E-state index contributed by atoms with van der Waals surface area (Å²) < 4.78 is 4.79. The lowest BCUT2D eigenvalue weighted by atomic mass is 10.1. The van der Waals surface area contributed by atoms with Crippen LogP contribution in [0.2, 0.25) is 0 Å². The molecule has 0 atom stereocenters. The van der Waals surface area contributed by atoms with Crippen LogP contribution in [0, 0.1) is 13.8 Å². The van der Waals surface area contributed by atoms with Crippen molar-refractivity contribution in [1.82, 2.24) is 0 Å². The van der Waals surface area contributed by atoms with Crippen LogP contribution in [-0.4, -0.2) is 12.7 Å². The summed E-state index contributed by atoms with van der Waals surface area (Å²) in [7, 11) is 0. The predicted molar refractivity (Wildman–Crippen MR) is 61.0 cm³/mol. The van der Waals surface area contributed by atoms with Gasteiger partial charge in [-0.25, -0.2) is 4.79 Å². The Bertz CT molecular complexity index is 375. The summed E-state index contributed by atoms with van der Waals surface area (Å²) in [4.78, 5) is 11.2. The SMILES string of the molecule is CCOC(=O)Nc1cc(C)c(N)cc1C. The van der Waals surface area contributed by atoms with Gasteiger partial charge in [0.2, 0.25) is 0 Å². The van der Waals surface area contributed by atoms with Gasteiger partial charge >= 0.3 is 6.09 Å². The average Bonchev–Trinajstić information content (AvgIpc) is 2.14. The fraction of sp³-hybridized carbons (Fsp3) is 0.364. The maximum atomic E-state index is 11.2. The third kappa shape index (κ3) is 2.87. The molecule has 4 heteroatoms. The molecule has 82 valence electrons. The molecule has 4 nitrogen and oxygen atoms in total. The summed E-state index contributed by atoms with van der Waals surface area (Å²) in [6.45, 7) is 5.90. The van der Waals surface area contributed by atoms with Gasteiger partial charge in [0.05, 0.1) is 6.61 Å². The molecule has 0 spiro atoms. The normalized spacial score (nSPS) is 9.80. The van der Waals surface area contributed by atoms with E-state index in [1.165, 1.54) is 0 Å². The summed E-state index contributed by atoms with van der Waals surface area (Å²) in [5.41, 5.74) is 9.06. The molecule has 0 aliphatic carbocycles. The largest absolute Gasteiger partial charge is 0.450 e. The zero-order chi connectivity index (χ0) is 11.4. The number of carbonyl (C=O) groups excluding carboxylic acids is 1. The van der Waals surface area contributed by atoms with Crippen molar-refractivity contribution < 1.29 is 9.53 Å². The van der Waals surface area contributed by atoms with Crippen LogP contribution in [0.4, 0.5) is 16.2 Å². The third-order valence-electron chi connectivity index (χ3n) is 2.13. The maximum Gasteiger partial charge on any atom is 0.411 e. The van der Waals surface area contributed by atoms with Gasteiger partial charge in [-0.05, 0) is 44.0 Å². The van der Waals surface area contributed by atoms with Crippen LogP contribution in [0.25, 0.3) is 0 Å². The number of nitrogens with one attached hydrogen (secondary N) is 1. The second kappa shape index (κ2) is 4.68. The van der Waals surface area contributed by atoms with Gasteiger partial charge in [-0.15, -0.1) is 0 Å². The van der Waals surface area contributed by atoms with Crippen molar-refractivity contribution in [2.75, 3.05) is 17.7 Å². The fourth-order valence-electron chi connectivity index (χ4n) is 1.25. The zero-order valence-corrected chi connectivity index (χ0v) is 9.26. The number of hydrogen-bond donors (Lipinski definition) is 2. The number of anilines is 2. The molecule has 0 fully saturated rings. The molecule has 0 heterocycles. The Hall–Kier alpha value is -1.71. The van der Waals surface area contributed by atoms with E-state index in [1.807, 2.05) is 26.0 Å². The maximum absolute atomic E-state index is 11.2. The van der Waals surface area contributed by atoms with Crippen molar-refractivity contribution in [3.8, 4) is 0 Å². The van der Waals surface area contributed by atoms with E-state index in [0.29, 0.717) is 6.61 Å². The number of rotatable bonds is 2. The van der Waals surface area contributed by atoms with Gasteiger partial charge in [0.15, 0.2) is 0 Å². The molecule has 0 radical (unpaired) electrons. The van der Waals surface area contributed by atoms with Gasteiger partial charge in [0.25, 0.3) is 0 Å². The molecule has 0 unspecified atom stereocenters. The van der Waals surface area contributed by atoms with Crippen LogP contribution in [-0.2, 0) is 4.74 Å². The minimum absolute atomic E-state index is 0.360. The lowest BCUT2D eigenvalue weighted by Crippen LogP contribution is -2.14. The predicted octanol–water partition coefficient (Wildman–Crippen LogP) is 2.45. The highest BCUT2D eigenvalue weighted by atomic mass is 16.5. The van der Waals surface area contributed by atoms with Crippen molar-refractivity contribution >= 4 is 17.5 Å². The number of benzene rings is 1. The molecule has 0 aliphatic heterocycles. The third-order valence-corrected chi connectivity index (χ3v) is 2.13. The molecule has 0 aromatic heterocycles. The Morgan fingerprint density at radius 1 is 1.40 bits per heavy atom. The van der Waals surface area contributed by atoms with Gasteiger partial charge in [0.1, 0.15) is 0 Å². The quantitative estimate of drug-likeness (QED) is 0.734. The first kappa shape index (κ1) is 11.4. The second-order valence-corrected chi connectivity index (χ2v) is 3.37. The van der Waals surface area contributed by atoms with Crippen LogP contribution in [0.5, 0.6) is 0 Å². The molecular weight excluding hydrogens is 192 g/mol. The number of nitrogens with two attached hydrogens (primary N) is 1. The molecule has 1 aromatic rings. The second-order valence-electron chi connectivity index (χ2n) is 3.37. The van der Waals surface area contributed by atoms with Crippen molar-refractivity contribution in [2.24, 2.45) is 0 Å². The van der Waals surface area contributed by atoms with Crippen molar-refractivity contribution in [1.29, 1.82) is 0 Å². The first-order valence-electron chi connectivity index (χ1n) is 4.85. The molecular formula is C11H16N2O2. The molecule has 1 rings (SSSR count). The summed E-state index contributed by atoms with van der Waals surface area (Å²) >= 11 is 0. The van der Waals surface area contributed by atoms with Gasteiger partial charge in [-0.1, -0.05) is 0 Å². The number of hydrogen-bond acceptors (Lipinski definition) is 3. The molecule has 1 aromatic carbocycles. The van der Waals surface area contributed by atoms with Crippen LogP contribution in [0.3, 0.4) is 0 Å². The highest BCUT2D eigenvalue weighted by Gasteiger charge is 2.06. The molecule has 15 heavy (non-hydrogen) atoms. The Labute approximate surface area is 89.4 Å². The topological polar surface area (TPSA) is 64.3 Å². The summed E-state index contributed by atoms with van der Waals surface area (Å²) in [5.74, 6) is 0. The summed E-state index contributed by atoms with van der Waals surface area (Å²) in [6, 6.07) is 3.67. The fourth-order valence-corrected chi connectivity index (χ4v) is 1.25. The van der Waals surface area contributed by atoms with Gasteiger partial charge < -0.3 is 10.5 Å². The number of ether oxygens (including phenoxy) is 1. The van der Waals surface area contributed by atoms with Crippen LogP contribution < -0.4 is 11.1 Å². The number of amides is 1. The van der Waals surface area contributed by atoms with E-state index in [0.717, 1.165) is 22.5 Å². The smallest absolute Gasteiger partial charge is 0.411 e. The summed E-state index contributed by atoms with van der Waals surface area (Å²) in [6.07, 6.45) is -0.440. The number of aryl methyl sites for hydroxylation is 2. The lowest BCUT2D eigenvalue weighted by molar-refractivity contribution is 0.168. The Balaban J connectivity index is 2.86. The lowest BCUT2D eigenvalue weighted by Gasteiger charge is -2.10. The van der Waals surface area contributed by atoms with E-state index >= 15 is 0 Å². The van der Waals surface area contributed by atoms with Crippen LogP contribution >= 0.6 is 0 Å². The Morgan fingerprint density at radius 2 is 2.07 bits per heavy atom. The molecule has 0 aliphatic rings. The average molecular weight is 208 g/mol. The van der Waals surface area contributed by atoms with Crippen molar-refractivity contribution in [2.45, 2.75) is 20.8 Å². The Kier molecular flexibility index (Phi) is 3.55. The highest BCUT2D eigenvalue weighted by molar-refractivity contribution is 5.86. The number of nitrogen functional groups attached to an aromatic ring is 1. The van der Waals surface area contributed by atoms with Crippen LogP contribution in [0.1, 0.15) is 18.1 Å². The van der Waals surface area contributed by atoms with Crippen molar-refractivity contribution in [3.63, 3.8) is 0 Å². The molecule has 0 saturated carbocycles. The van der Waals surface area contributed by atoms with E-state index in [9.17, 15) is 4.79 Å².